The molecular weight excluding hydrogens is 224 g/mol. The second-order valence-corrected chi connectivity index (χ2v) is 6.04. The van der Waals surface area contributed by atoms with E-state index in [9.17, 15) is 0 Å². The highest BCUT2D eigenvalue weighted by Crippen LogP contribution is 2.31. The summed E-state index contributed by atoms with van der Waals surface area (Å²) < 4.78 is 0. The molecule has 1 heterocycles. The van der Waals surface area contributed by atoms with Gasteiger partial charge >= 0.3 is 0 Å². The average molecular weight is 252 g/mol. The van der Waals surface area contributed by atoms with Gasteiger partial charge in [0.2, 0.25) is 0 Å². The third-order valence-corrected chi connectivity index (χ3v) is 4.54. The summed E-state index contributed by atoms with van der Waals surface area (Å²) in [6.45, 7) is 4.59. The summed E-state index contributed by atoms with van der Waals surface area (Å²) in [6, 6.07) is 4.53. The molecule has 1 unspecified atom stereocenters. The molecule has 1 rings (SSSR count). The first-order valence-corrected chi connectivity index (χ1v) is 8.29. The van der Waals surface area contributed by atoms with Gasteiger partial charge in [-0.05, 0) is 30.2 Å². The molecule has 0 fully saturated rings. The van der Waals surface area contributed by atoms with Gasteiger partial charge in [-0.2, -0.15) is 0 Å². The van der Waals surface area contributed by atoms with E-state index in [0.29, 0.717) is 0 Å². The first-order valence-electron chi connectivity index (χ1n) is 7.41. The molecule has 1 aromatic heterocycles. The Kier molecular flexibility index (Phi) is 8.42. The van der Waals surface area contributed by atoms with E-state index in [1.807, 2.05) is 11.3 Å². The van der Waals surface area contributed by atoms with Crippen LogP contribution in [-0.4, -0.2) is 0 Å². The monoisotopic (exact) mass is 252 g/mol. The van der Waals surface area contributed by atoms with Gasteiger partial charge in [0.25, 0.3) is 0 Å². The Bertz CT molecular complexity index is 250. The van der Waals surface area contributed by atoms with E-state index in [4.69, 9.17) is 0 Å². The first-order chi connectivity index (χ1) is 8.38. The standard InChI is InChI=1S/C16H28S/c1-3-5-7-8-9-12-15(11-6-4-2)16-13-10-14-17-16/h10,13-15H,3-9,11-12H2,1-2H3. The zero-order valence-electron chi connectivity index (χ0n) is 11.6. The van der Waals surface area contributed by atoms with E-state index >= 15 is 0 Å². The van der Waals surface area contributed by atoms with Gasteiger partial charge in [-0.1, -0.05) is 64.9 Å². The van der Waals surface area contributed by atoms with Gasteiger partial charge in [0.05, 0.1) is 0 Å². The zero-order chi connectivity index (χ0) is 12.3. The summed E-state index contributed by atoms with van der Waals surface area (Å²) in [5, 5.41) is 2.23. The van der Waals surface area contributed by atoms with Crippen molar-refractivity contribution in [1.29, 1.82) is 0 Å². The van der Waals surface area contributed by atoms with Gasteiger partial charge in [-0.3, -0.25) is 0 Å². The topological polar surface area (TPSA) is 0 Å². The number of thiophene rings is 1. The van der Waals surface area contributed by atoms with Crippen molar-refractivity contribution in [3.05, 3.63) is 22.4 Å². The van der Waals surface area contributed by atoms with Crippen LogP contribution >= 0.6 is 11.3 Å². The second-order valence-electron chi connectivity index (χ2n) is 5.06. The number of hydrogen-bond acceptors (Lipinski definition) is 1. The third-order valence-electron chi connectivity index (χ3n) is 3.51. The van der Waals surface area contributed by atoms with Crippen molar-refractivity contribution in [2.24, 2.45) is 0 Å². The first kappa shape index (κ1) is 14.8. The molecule has 0 aliphatic rings. The predicted octanol–water partition coefficient (Wildman–Crippen LogP) is 6.38. The van der Waals surface area contributed by atoms with E-state index in [1.54, 1.807) is 4.88 Å². The minimum atomic E-state index is 0.844. The maximum atomic E-state index is 2.33. The van der Waals surface area contributed by atoms with Crippen LogP contribution < -0.4 is 0 Å². The maximum absolute atomic E-state index is 2.33. The molecule has 0 bridgehead atoms. The number of unbranched alkanes of at least 4 members (excludes halogenated alkanes) is 5. The third kappa shape index (κ3) is 6.26. The fourth-order valence-electron chi connectivity index (χ4n) is 2.40. The van der Waals surface area contributed by atoms with Crippen LogP contribution in [0.3, 0.4) is 0 Å². The maximum Gasteiger partial charge on any atom is 0.00761 e. The highest BCUT2D eigenvalue weighted by atomic mass is 32.1. The average Bonchev–Trinajstić information content (AvgIpc) is 2.86. The Labute approximate surface area is 111 Å². The Hall–Kier alpha value is -0.300. The molecule has 0 radical (unpaired) electrons. The largest absolute Gasteiger partial charge is 0.149 e. The highest BCUT2D eigenvalue weighted by molar-refractivity contribution is 7.10. The van der Waals surface area contributed by atoms with Gasteiger partial charge in [-0.15, -0.1) is 11.3 Å². The smallest absolute Gasteiger partial charge is 0.00761 e. The van der Waals surface area contributed by atoms with Gasteiger partial charge < -0.3 is 0 Å². The van der Waals surface area contributed by atoms with Crippen LogP contribution in [0.15, 0.2) is 17.5 Å². The lowest BCUT2D eigenvalue weighted by molar-refractivity contribution is 0.510. The lowest BCUT2D eigenvalue weighted by Gasteiger charge is -2.14. The summed E-state index contributed by atoms with van der Waals surface area (Å²) in [7, 11) is 0. The second kappa shape index (κ2) is 9.70. The Balaban J connectivity index is 2.26. The van der Waals surface area contributed by atoms with Crippen LogP contribution in [0.2, 0.25) is 0 Å². The highest BCUT2D eigenvalue weighted by Gasteiger charge is 2.11. The van der Waals surface area contributed by atoms with Crippen molar-refractivity contribution in [3.8, 4) is 0 Å². The number of hydrogen-bond donors (Lipinski definition) is 0. The molecule has 0 N–H and O–H groups in total. The molecule has 1 atom stereocenters. The molecule has 0 spiro atoms. The van der Waals surface area contributed by atoms with Crippen molar-refractivity contribution < 1.29 is 0 Å². The van der Waals surface area contributed by atoms with Crippen LogP contribution in [0.25, 0.3) is 0 Å². The molecule has 98 valence electrons. The summed E-state index contributed by atoms with van der Waals surface area (Å²) in [5.41, 5.74) is 0. The van der Waals surface area contributed by atoms with Crippen molar-refractivity contribution in [3.63, 3.8) is 0 Å². The van der Waals surface area contributed by atoms with E-state index in [2.05, 4.69) is 31.4 Å². The predicted molar refractivity (Wildman–Crippen MR) is 80.0 cm³/mol. The van der Waals surface area contributed by atoms with Crippen LogP contribution in [-0.2, 0) is 0 Å². The quantitative estimate of drug-likeness (QED) is 0.424. The minimum absolute atomic E-state index is 0.844. The molecule has 0 nitrogen and oxygen atoms in total. The molecule has 0 saturated carbocycles. The molecule has 17 heavy (non-hydrogen) atoms. The SMILES string of the molecule is CCCCCCCC(CCCC)c1cccs1. The normalized spacial score (nSPS) is 12.8. The van der Waals surface area contributed by atoms with Gasteiger partial charge in [-0.25, -0.2) is 0 Å². The molecular formula is C16H28S. The van der Waals surface area contributed by atoms with Crippen LogP contribution in [0.4, 0.5) is 0 Å². The summed E-state index contributed by atoms with van der Waals surface area (Å²) in [6.07, 6.45) is 12.6. The van der Waals surface area contributed by atoms with Gasteiger partial charge in [0.15, 0.2) is 0 Å². The van der Waals surface area contributed by atoms with Crippen LogP contribution in [0, 0.1) is 0 Å². The molecule has 0 aromatic carbocycles. The van der Waals surface area contributed by atoms with E-state index < -0.39 is 0 Å². The Morgan fingerprint density at radius 1 is 0.941 bits per heavy atom. The van der Waals surface area contributed by atoms with Crippen molar-refractivity contribution in [2.75, 3.05) is 0 Å². The lowest BCUT2D eigenvalue weighted by atomic mass is 9.94. The lowest BCUT2D eigenvalue weighted by Crippen LogP contribution is -1.97. The zero-order valence-corrected chi connectivity index (χ0v) is 12.4. The van der Waals surface area contributed by atoms with Crippen molar-refractivity contribution >= 4 is 11.3 Å². The van der Waals surface area contributed by atoms with Crippen LogP contribution in [0.1, 0.15) is 82.4 Å². The molecule has 1 aromatic rings. The van der Waals surface area contributed by atoms with Gasteiger partial charge in [0, 0.05) is 4.88 Å². The fourth-order valence-corrected chi connectivity index (χ4v) is 3.30. The minimum Gasteiger partial charge on any atom is -0.149 e. The van der Waals surface area contributed by atoms with Crippen LogP contribution in [0.5, 0.6) is 0 Å². The van der Waals surface area contributed by atoms with E-state index in [-0.39, 0.29) is 0 Å². The van der Waals surface area contributed by atoms with Crippen molar-refractivity contribution in [1.82, 2.24) is 0 Å². The number of rotatable bonds is 10. The summed E-state index contributed by atoms with van der Waals surface area (Å²) >= 11 is 1.95. The van der Waals surface area contributed by atoms with E-state index in [1.165, 1.54) is 57.8 Å². The van der Waals surface area contributed by atoms with E-state index in [0.717, 1.165) is 5.92 Å². The molecule has 0 saturated heterocycles. The summed E-state index contributed by atoms with van der Waals surface area (Å²) in [5.74, 6) is 0.844. The van der Waals surface area contributed by atoms with Crippen molar-refractivity contribution in [2.45, 2.75) is 77.6 Å². The molecule has 0 aliphatic carbocycles. The molecule has 1 heteroatoms. The fraction of sp³-hybridized carbons (Fsp3) is 0.750. The van der Waals surface area contributed by atoms with Gasteiger partial charge in [0.1, 0.15) is 0 Å². The molecule has 0 aliphatic heterocycles. The Morgan fingerprint density at radius 2 is 1.65 bits per heavy atom. The summed E-state index contributed by atoms with van der Waals surface area (Å²) in [4.78, 5) is 1.62. The Morgan fingerprint density at radius 3 is 2.29 bits per heavy atom. The molecule has 0 amide bonds.